The molecule has 10 aromatic carbocycles. The molecule has 0 N–H and O–H groups in total. The third-order valence-corrected chi connectivity index (χ3v) is 15.9. The molecule has 2 aromatic heterocycles. The van der Waals surface area contributed by atoms with Crippen molar-refractivity contribution < 1.29 is 9.31 Å². The monoisotopic (exact) mass is 1200 g/mol. The quantitative estimate of drug-likeness (QED) is 0.123. The third kappa shape index (κ3) is 10.1. The fourth-order valence-corrected chi connectivity index (χ4v) is 11.2. The van der Waals surface area contributed by atoms with Gasteiger partial charge in [0.1, 0.15) is 0 Å². The number of rotatable bonds is 6. The Bertz CT molecular complexity index is 3920. The van der Waals surface area contributed by atoms with Crippen LogP contribution in [0.2, 0.25) is 0 Å². The highest BCUT2D eigenvalue weighted by Crippen LogP contribution is 2.39. The van der Waals surface area contributed by atoms with Crippen molar-refractivity contribution in [2.45, 2.75) is 38.9 Å². The SMILES string of the molecule is Brc1cccc(-c2cccc(-c3ccc4c(c3)c3ccccc3n4-c3ccccc3)c2)c1.Brc1cccc(-c2cccc(I)c2)c1.CC1(C)OB(c2ccc3c(c2)c2ccccc2n3-c2ccccc2)OC1(C)C. The number of benzene rings is 10. The Morgan fingerprint density at radius 3 is 1.24 bits per heavy atom. The number of hydrogen-bond acceptors (Lipinski definition) is 2. The van der Waals surface area contributed by atoms with Gasteiger partial charge in [-0.25, -0.2) is 0 Å². The van der Waals surface area contributed by atoms with Crippen LogP contribution in [0.4, 0.5) is 0 Å². The lowest BCUT2D eigenvalue weighted by atomic mass is 9.78. The molecule has 0 spiro atoms. The molecule has 0 amide bonds. The van der Waals surface area contributed by atoms with Crippen LogP contribution in [0, 0.1) is 3.57 Å². The van der Waals surface area contributed by atoms with Crippen molar-refractivity contribution in [3.63, 3.8) is 0 Å². The van der Waals surface area contributed by atoms with Crippen molar-refractivity contribution in [2.75, 3.05) is 0 Å². The molecule has 12 aromatic rings. The molecule has 1 saturated heterocycles. The molecule has 13 rings (SSSR count). The lowest BCUT2D eigenvalue weighted by Crippen LogP contribution is -2.41. The number of halogens is 3. The van der Waals surface area contributed by atoms with E-state index in [4.69, 9.17) is 9.31 Å². The molecule has 1 aliphatic rings. The van der Waals surface area contributed by atoms with E-state index in [1.165, 1.54) is 86.2 Å². The van der Waals surface area contributed by atoms with Gasteiger partial charge < -0.3 is 18.4 Å². The zero-order chi connectivity index (χ0) is 51.0. The van der Waals surface area contributed by atoms with Gasteiger partial charge in [-0.3, -0.25) is 0 Å². The maximum absolute atomic E-state index is 6.27. The van der Waals surface area contributed by atoms with E-state index in [0.717, 1.165) is 20.1 Å². The lowest BCUT2D eigenvalue weighted by molar-refractivity contribution is 0.00578. The van der Waals surface area contributed by atoms with Crippen molar-refractivity contribution in [2.24, 2.45) is 0 Å². The fraction of sp³-hybridized carbons (Fsp3) is 0.0909. The van der Waals surface area contributed by atoms with Crippen LogP contribution in [-0.2, 0) is 9.31 Å². The van der Waals surface area contributed by atoms with Gasteiger partial charge in [0.05, 0.1) is 33.3 Å². The summed E-state index contributed by atoms with van der Waals surface area (Å²) in [5, 5.41) is 5.00. The Morgan fingerprint density at radius 2 is 0.743 bits per heavy atom. The maximum Gasteiger partial charge on any atom is 0.494 e. The molecule has 0 aliphatic carbocycles. The van der Waals surface area contributed by atoms with Crippen LogP contribution in [0.3, 0.4) is 0 Å². The van der Waals surface area contributed by atoms with Crippen LogP contribution in [0.15, 0.2) is 252 Å². The smallest absolute Gasteiger partial charge is 0.399 e. The molecule has 1 fully saturated rings. The first-order valence-electron chi connectivity index (χ1n) is 24.8. The van der Waals surface area contributed by atoms with E-state index in [0.29, 0.717) is 0 Å². The van der Waals surface area contributed by atoms with E-state index in [2.05, 4.69) is 322 Å². The van der Waals surface area contributed by atoms with Crippen LogP contribution in [0.5, 0.6) is 0 Å². The number of hydrogen-bond donors (Lipinski definition) is 0. The minimum atomic E-state index is -0.353. The van der Waals surface area contributed by atoms with Gasteiger partial charge in [0.15, 0.2) is 0 Å². The molecule has 8 heteroatoms. The van der Waals surface area contributed by atoms with Gasteiger partial charge >= 0.3 is 7.12 Å². The van der Waals surface area contributed by atoms with Gasteiger partial charge in [0.2, 0.25) is 0 Å². The summed E-state index contributed by atoms with van der Waals surface area (Å²) in [6.07, 6.45) is 0. The minimum Gasteiger partial charge on any atom is -0.399 e. The van der Waals surface area contributed by atoms with Gasteiger partial charge in [0, 0.05) is 45.4 Å². The molecule has 3 heterocycles. The lowest BCUT2D eigenvalue weighted by Gasteiger charge is -2.32. The molecular weight excluding hydrogens is 1150 g/mol. The largest absolute Gasteiger partial charge is 0.494 e. The standard InChI is InChI=1S/C30H20BrN.C24H24BNO2.C12H8BrI/c31-25-11-7-10-23(19-25)21-8-6-9-22(18-21)24-16-17-30-28(20-24)27-14-4-5-15-29(27)32(30)26-12-2-1-3-13-26;1-23(2)24(3,4)28-25(27-23)17-14-15-22-20(16-17)19-12-8-9-13-21(19)26(22)18-10-6-5-7-11-18;13-11-5-1-3-9(7-11)10-4-2-6-12(14)8-10/h1-20H;5-16H,1-4H3;1-8H. The Kier molecular flexibility index (Phi) is 14.1. The first-order valence-corrected chi connectivity index (χ1v) is 27.5. The average molecular weight is 1200 g/mol. The molecule has 4 nitrogen and oxygen atoms in total. The molecule has 362 valence electrons. The molecule has 1 aliphatic heterocycles. The number of para-hydroxylation sites is 4. The summed E-state index contributed by atoms with van der Waals surface area (Å²) >= 11 is 9.40. The van der Waals surface area contributed by atoms with Gasteiger partial charge in [-0.1, -0.05) is 177 Å². The van der Waals surface area contributed by atoms with E-state index in [1.54, 1.807) is 0 Å². The number of aromatic nitrogens is 2. The van der Waals surface area contributed by atoms with Gasteiger partial charge in [0.25, 0.3) is 0 Å². The molecule has 0 radical (unpaired) electrons. The predicted octanol–water partition coefficient (Wildman–Crippen LogP) is 18.7. The van der Waals surface area contributed by atoms with E-state index in [9.17, 15) is 0 Å². The zero-order valence-corrected chi connectivity index (χ0v) is 46.8. The summed E-state index contributed by atoms with van der Waals surface area (Å²) in [5.74, 6) is 0. The van der Waals surface area contributed by atoms with Crippen LogP contribution in [0.25, 0.3) is 88.4 Å². The normalized spacial score (nSPS) is 13.7. The molecule has 0 atom stereocenters. The number of nitrogens with zero attached hydrogens (tertiary/aromatic N) is 2. The van der Waals surface area contributed by atoms with E-state index >= 15 is 0 Å². The van der Waals surface area contributed by atoms with E-state index < -0.39 is 0 Å². The zero-order valence-electron chi connectivity index (χ0n) is 41.5. The second-order valence-electron chi connectivity index (χ2n) is 19.6. The highest BCUT2D eigenvalue weighted by Gasteiger charge is 2.51. The Morgan fingerprint density at radius 1 is 0.351 bits per heavy atom. The summed E-state index contributed by atoms with van der Waals surface area (Å²) in [6, 6.07) is 85.7. The molecule has 0 saturated carbocycles. The Balaban J connectivity index is 0.000000128. The minimum absolute atomic E-state index is 0.343. The first-order chi connectivity index (χ1) is 35.9. The molecular formula is C66H52BBr2IN2O2. The second-order valence-corrected chi connectivity index (χ2v) is 22.7. The predicted molar refractivity (Wildman–Crippen MR) is 328 cm³/mol. The third-order valence-electron chi connectivity index (χ3n) is 14.3. The highest BCUT2D eigenvalue weighted by molar-refractivity contribution is 14.1. The summed E-state index contributed by atoms with van der Waals surface area (Å²) in [5.41, 5.74) is 15.0. The van der Waals surface area contributed by atoms with Crippen LogP contribution in [0.1, 0.15) is 27.7 Å². The Hall–Kier alpha value is -6.53. The van der Waals surface area contributed by atoms with Gasteiger partial charge in [-0.05, 0) is 186 Å². The van der Waals surface area contributed by atoms with Crippen molar-refractivity contribution in [3.8, 4) is 44.8 Å². The van der Waals surface area contributed by atoms with Crippen LogP contribution >= 0.6 is 54.5 Å². The first kappa shape index (κ1) is 49.7. The summed E-state index contributed by atoms with van der Waals surface area (Å²) in [6.45, 7) is 8.36. The van der Waals surface area contributed by atoms with Crippen LogP contribution in [-0.4, -0.2) is 27.5 Å². The van der Waals surface area contributed by atoms with Crippen LogP contribution < -0.4 is 5.46 Å². The van der Waals surface area contributed by atoms with Crippen molar-refractivity contribution in [1.29, 1.82) is 0 Å². The maximum atomic E-state index is 6.27. The summed E-state index contributed by atoms with van der Waals surface area (Å²) in [4.78, 5) is 0. The topological polar surface area (TPSA) is 28.3 Å². The number of fused-ring (bicyclic) bond motifs is 6. The van der Waals surface area contributed by atoms with E-state index in [1.807, 2.05) is 12.1 Å². The second kappa shape index (κ2) is 21.0. The molecule has 74 heavy (non-hydrogen) atoms. The van der Waals surface area contributed by atoms with Gasteiger partial charge in [-0.2, -0.15) is 0 Å². The summed E-state index contributed by atoms with van der Waals surface area (Å²) < 4.78 is 20.7. The fourth-order valence-electron chi connectivity index (χ4n) is 9.86. The summed E-state index contributed by atoms with van der Waals surface area (Å²) in [7, 11) is -0.353. The highest BCUT2D eigenvalue weighted by atomic mass is 127. The van der Waals surface area contributed by atoms with Crippen molar-refractivity contribution in [1.82, 2.24) is 9.13 Å². The molecule has 0 unspecified atom stereocenters. The van der Waals surface area contributed by atoms with Gasteiger partial charge in [-0.15, -0.1) is 0 Å². The van der Waals surface area contributed by atoms with Crippen molar-refractivity contribution >= 4 is 111 Å². The van der Waals surface area contributed by atoms with E-state index in [-0.39, 0.29) is 18.3 Å². The van der Waals surface area contributed by atoms with Crippen molar-refractivity contribution in [3.05, 3.63) is 255 Å². The molecule has 0 bridgehead atoms. The Labute approximate surface area is 464 Å². The average Bonchev–Trinajstić information content (AvgIpc) is 4.02.